The van der Waals surface area contributed by atoms with Gasteiger partial charge in [0.15, 0.2) is 0 Å². The number of aliphatic hydroxyl groups is 1. The lowest BCUT2D eigenvalue weighted by Crippen LogP contribution is -2.22. The molecule has 1 aliphatic carbocycles. The highest BCUT2D eigenvalue weighted by atomic mass is 19.1. The van der Waals surface area contributed by atoms with Crippen molar-refractivity contribution in [1.82, 2.24) is 0 Å². The maximum Gasteiger partial charge on any atom is 0.335 e. The maximum atomic E-state index is 13.6. The summed E-state index contributed by atoms with van der Waals surface area (Å²) in [6.45, 7) is 0.265. The topological polar surface area (TPSA) is 69.6 Å². The zero-order chi connectivity index (χ0) is 14.0. The quantitative estimate of drug-likeness (QED) is 0.785. The molecule has 0 saturated heterocycles. The van der Waals surface area contributed by atoms with Gasteiger partial charge in [0.1, 0.15) is 17.3 Å². The lowest BCUT2D eigenvalue weighted by Gasteiger charge is -2.16. The van der Waals surface area contributed by atoms with E-state index < -0.39 is 29.3 Å². The summed E-state index contributed by atoms with van der Waals surface area (Å²) in [5.41, 5.74) is -0.773. The van der Waals surface area contributed by atoms with Crippen LogP contribution < -0.4 is 5.32 Å². The molecule has 4 nitrogen and oxygen atoms in total. The Morgan fingerprint density at radius 1 is 1.32 bits per heavy atom. The molecule has 1 fully saturated rings. The van der Waals surface area contributed by atoms with E-state index in [4.69, 9.17) is 5.11 Å². The van der Waals surface area contributed by atoms with E-state index in [0.29, 0.717) is 6.42 Å². The molecule has 3 N–H and O–H groups in total. The summed E-state index contributed by atoms with van der Waals surface area (Å²) in [6, 6.07) is 1.55. The summed E-state index contributed by atoms with van der Waals surface area (Å²) in [5, 5.41) is 20.9. The van der Waals surface area contributed by atoms with Crippen LogP contribution in [0.3, 0.4) is 0 Å². The summed E-state index contributed by atoms with van der Waals surface area (Å²) in [6.07, 6.45) is 1.97. The van der Waals surface area contributed by atoms with Crippen molar-refractivity contribution < 1.29 is 23.8 Å². The molecule has 2 unspecified atom stereocenters. The van der Waals surface area contributed by atoms with Gasteiger partial charge in [0.2, 0.25) is 0 Å². The van der Waals surface area contributed by atoms with E-state index in [-0.39, 0.29) is 18.2 Å². The van der Waals surface area contributed by atoms with Crippen molar-refractivity contribution in [2.75, 3.05) is 11.9 Å². The molecule has 0 aromatic heterocycles. The van der Waals surface area contributed by atoms with E-state index in [2.05, 4.69) is 5.32 Å². The van der Waals surface area contributed by atoms with Crippen molar-refractivity contribution in [3.63, 3.8) is 0 Å². The normalized spacial score (nSPS) is 22.5. The van der Waals surface area contributed by atoms with Crippen LogP contribution in [0.25, 0.3) is 0 Å². The maximum absolute atomic E-state index is 13.6. The molecule has 0 amide bonds. The highest BCUT2D eigenvalue weighted by Gasteiger charge is 2.25. The van der Waals surface area contributed by atoms with E-state index in [0.717, 1.165) is 25.0 Å². The van der Waals surface area contributed by atoms with Crippen LogP contribution in [0.5, 0.6) is 0 Å². The van der Waals surface area contributed by atoms with Crippen molar-refractivity contribution in [2.24, 2.45) is 5.92 Å². The fourth-order valence-electron chi connectivity index (χ4n) is 2.35. The highest BCUT2D eigenvalue weighted by molar-refractivity contribution is 5.88. The van der Waals surface area contributed by atoms with Crippen LogP contribution in [-0.4, -0.2) is 28.8 Å². The number of anilines is 1. The number of benzene rings is 1. The first-order valence-corrected chi connectivity index (χ1v) is 6.13. The van der Waals surface area contributed by atoms with Crippen LogP contribution in [0.2, 0.25) is 0 Å². The molecule has 0 heterocycles. The SMILES string of the molecule is O=C(O)c1cc(F)c(NCC2CCCC2O)c(F)c1. The number of halogens is 2. The second-order valence-electron chi connectivity index (χ2n) is 4.76. The van der Waals surface area contributed by atoms with Gasteiger partial charge in [-0.15, -0.1) is 0 Å². The number of hydrogen-bond acceptors (Lipinski definition) is 3. The number of rotatable bonds is 4. The van der Waals surface area contributed by atoms with Gasteiger partial charge >= 0.3 is 5.97 Å². The molecule has 0 spiro atoms. The average molecular weight is 271 g/mol. The van der Waals surface area contributed by atoms with Crippen molar-refractivity contribution in [3.05, 3.63) is 29.3 Å². The van der Waals surface area contributed by atoms with Crippen molar-refractivity contribution in [3.8, 4) is 0 Å². The number of nitrogens with one attached hydrogen (secondary N) is 1. The Balaban J connectivity index is 2.10. The second-order valence-corrected chi connectivity index (χ2v) is 4.76. The van der Waals surface area contributed by atoms with Crippen LogP contribution >= 0.6 is 0 Å². The summed E-state index contributed by atoms with van der Waals surface area (Å²) < 4.78 is 27.2. The second kappa shape index (κ2) is 5.52. The summed E-state index contributed by atoms with van der Waals surface area (Å²) in [4.78, 5) is 10.6. The molecule has 6 heteroatoms. The molecule has 0 aliphatic heterocycles. The summed E-state index contributed by atoms with van der Waals surface area (Å²) >= 11 is 0. The summed E-state index contributed by atoms with van der Waals surface area (Å²) in [5.74, 6) is -3.29. The first-order valence-electron chi connectivity index (χ1n) is 6.13. The van der Waals surface area contributed by atoms with Crippen LogP contribution in [0.1, 0.15) is 29.6 Å². The molecular weight excluding hydrogens is 256 g/mol. The van der Waals surface area contributed by atoms with Gasteiger partial charge in [-0.2, -0.15) is 0 Å². The van der Waals surface area contributed by atoms with Crippen LogP contribution in [0.4, 0.5) is 14.5 Å². The summed E-state index contributed by atoms with van der Waals surface area (Å²) in [7, 11) is 0. The highest BCUT2D eigenvalue weighted by Crippen LogP contribution is 2.27. The van der Waals surface area contributed by atoms with Gasteiger partial charge in [-0.3, -0.25) is 0 Å². The van der Waals surface area contributed by atoms with E-state index in [1.54, 1.807) is 0 Å². The Hall–Kier alpha value is -1.69. The number of hydrogen-bond donors (Lipinski definition) is 3. The molecule has 1 aliphatic rings. The Morgan fingerprint density at radius 2 is 1.95 bits per heavy atom. The zero-order valence-electron chi connectivity index (χ0n) is 10.2. The van der Waals surface area contributed by atoms with Crippen LogP contribution in [0, 0.1) is 17.6 Å². The largest absolute Gasteiger partial charge is 0.478 e. The smallest absolute Gasteiger partial charge is 0.335 e. The molecule has 1 aromatic rings. The Labute approximate surface area is 109 Å². The van der Waals surface area contributed by atoms with Crippen molar-refractivity contribution in [1.29, 1.82) is 0 Å². The molecule has 0 bridgehead atoms. The predicted octanol–water partition coefficient (Wildman–Crippen LogP) is 2.24. The number of carboxylic acid groups (broad SMARTS) is 1. The Kier molecular flexibility index (Phi) is 3.99. The average Bonchev–Trinajstić information content (AvgIpc) is 2.73. The molecule has 104 valence electrons. The number of carboxylic acids is 1. The van der Waals surface area contributed by atoms with E-state index in [9.17, 15) is 18.7 Å². The van der Waals surface area contributed by atoms with Gasteiger partial charge in [0.25, 0.3) is 0 Å². The first-order chi connectivity index (χ1) is 8.99. The molecule has 0 radical (unpaired) electrons. The minimum Gasteiger partial charge on any atom is -0.478 e. The fraction of sp³-hybridized carbons (Fsp3) is 0.462. The predicted molar refractivity (Wildman–Crippen MR) is 65.2 cm³/mol. The van der Waals surface area contributed by atoms with Gasteiger partial charge in [-0.05, 0) is 25.0 Å². The fourth-order valence-corrected chi connectivity index (χ4v) is 2.35. The van der Waals surface area contributed by atoms with Crippen LogP contribution in [-0.2, 0) is 0 Å². The standard InChI is InChI=1S/C13H15F2NO3/c14-9-4-8(13(18)19)5-10(15)12(9)16-6-7-2-1-3-11(7)17/h4-5,7,11,16-17H,1-3,6H2,(H,18,19). The Morgan fingerprint density at radius 3 is 2.42 bits per heavy atom. The van der Waals surface area contributed by atoms with E-state index in [1.807, 2.05) is 0 Å². The third-order valence-corrected chi connectivity index (χ3v) is 3.45. The molecule has 19 heavy (non-hydrogen) atoms. The van der Waals surface area contributed by atoms with E-state index >= 15 is 0 Å². The zero-order valence-corrected chi connectivity index (χ0v) is 10.2. The molecule has 2 atom stereocenters. The number of aliphatic hydroxyl groups excluding tert-OH is 1. The molecule has 1 saturated carbocycles. The van der Waals surface area contributed by atoms with Gasteiger partial charge in [-0.1, -0.05) is 6.42 Å². The molecule has 1 aromatic carbocycles. The molecular formula is C13H15F2NO3. The lowest BCUT2D eigenvalue weighted by atomic mass is 10.1. The van der Waals surface area contributed by atoms with E-state index in [1.165, 1.54) is 0 Å². The molecule has 2 rings (SSSR count). The number of carbonyl (C=O) groups is 1. The van der Waals surface area contributed by atoms with Gasteiger partial charge in [0.05, 0.1) is 11.7 Å². The third kappa shape index (κ3) is 3.01. The van der Waals surface area contributed by atoms with Gasteiger partial charge in [-0.25, -0.2) is 13.6 Å². The minimum absolute atomic E-state index is 0.0297. The van der Waals surface area contributed by atoms with Gasteiger partial charge in [0, 0.05) is 12.5 Å². The van der Waals surface area contributed by atoms with Crippen LogP contribution in [0.15, 0.2) is 12.1 Å². The first kappa shape index (κ1) is 13.7. The van der Waals surface area contributed by atoms with Crippen molar-refractivity contribution in [2.45, 2.75) is 25.4 Å². The minimum atomic E-state index is -1.38. The number of aromatic carboxylic acids is 1. The third-order valence-electron chi connectivity index (χ3n) is 3.45. The Bertz CT molecular complexity index is 470. The van der Waals surface area contributed by atoms with Gasteiger partial charge < -0.3 is 15.5 Å². The lowest BCUT2D eigenvalue weighted by molar-refractivity contribution is 0.0696. The monoisotopic (exact) mass is 271 g/mol. The van der Waals surface area contributed by atoms with Crippen molar-refractivity contribution >= 4 is 11.7 Å².